The van der Waals surface area contributed by atoms with E-state index < -0.39 is 0 Å². The van der Waals surface area contributed by atoms with Crippen LogP contribution in [-0.4, -0.2) is 18.7 Å². The lowest BCUT2D eigenvalue weighted by Gasteiger charge is -2.36. The van der Waals surface area contributed by atoms with Gasteiger partial charge in [-0.15, -0.1) is 0 Å². The summed E-state index contributed by atoms with van der Waals surface area (Å²) < 4.78 is 5.88. The van der Waals surface area contributed by atoms with E-state index in [2.05, 4.69) is 43.4 Å². The summed E-state index contributed by atoms with van der Waals surface area (Å²) in [5.41, 5.74) is 1.28. The highest BCUT2D eigenvalue weighted by atomic mass is 16.5. The summed E-state index contributed by atoms with van der Waals surface area (Å²) in [5.74, 6) is 1.00. The molecule has 0 unspecified atom stereocenters. The van der Waals surface area contributed by atoms with Crippen LogP contribution in [0.2, 0.25) is 0 Å². The van der Waals surface area contributed by atoms with Crippen LogP contribution in [0.3, 0.4) is 0 Å². The zero-order valence-corrected chi connectivity index (χ0v) is 10.2. The van der Waals surface area contributed by atoms with Crippen molar-refractivity contribution >= 4 is 0 Å². The van der Waals surface area contributed by atoms with Crippen molar-refractivity contribution in [2.24, 2.45) is 0 Å². The molecule has 16 heavy (non-hydrogen) atoms. The molecular weight excluding hydrogens is 198 g/mol. The molecule has 0 spiro atoms. The molecule has 2 rings (SSSR count). The van der Waals surface area contributed by atoms with Gasteiger partial charge in [0, 0.05) is 6.04 Å². The lowest BCUT2D eigenvalue weighted by Crippen LogP contribution is -2.46. The molecule has 0 saturated heterocycles. The molecular formula is C14H21NO. The molecule has 0 radical (unpaired) electrons. The van der Waals surface area contributed by atoms with Crippen molar-refractivity contribution in [3.05, 3.63) is 29.8 Å². The summed E-state index contributed by atoms with van der Waals surface area (Å²) in [6, 6.07) is 8.99. The van der Waals surface area contributed by atoms with Crippen molar-refractivity contribution in [1.82, 2.24) is 5.32 Å². The standard InChI is InChI=1S/C14H21NO/c1-3-8-15-12-9-14(10-12)16-13-6-4-11(2)5-7-13/h4-7,12,14-15H,3,8-10H2,1-2H3. The molecule has 2 heteroatoms. The van der Waals surface area contributed by atoms with Crippen molar-refractivity contribution < 1.29 is 4.74 Å². The Morgan fingerprint density at radius 3 is 2.56 bits per heavy atom. The predicted octanol–water partition coefficient (Wildman–Crippen LogP) is 2.90. The number of aryl methyl sites for hydroxylation is 1. The van der Waals surface area contributed by atoms with E-state index in [0.29, 0.717) is 12.1 Å². The maximum absolute atomic E-state index is 5.88. The topological polar surface area (TPSA) is 21.3 Å². The van der Waals surface area contributed by atoms with Gasteiger partial charge in [0.15, 0.2) is 0 Å². The van der Waals surface area contributed by atoms with Gasteiger partial charge in [0.1, 0.15) is 11.9 Å². The highest BCUT2D eigenvalue weighted by molar-refractivity contribution is 5.26. The number of nitrogens with one attached hydrogen (secondary N) is 1. The van der Waals surface area contributed by atoms with Crippen LogP contribution < -0.4 is 10.1 Å². The summed E-state index contributed by atoms with van der Waals surface area (Å²) in [6.45, 7) is 5.42. The maximum atomic E-state index is 5.88. The Hall–Kier alpha value is -1.02. The van der Waals surface area contributed by atoms with Gasteiger partial charge in [-0.25, -0.2) is 0 Å². The molecule has 1 saturated carbocycles. The summed E-state index contributed by atoms with van der Waals surface area (Å²) in [6.07, 6.45) is 3.92. The van der Waals surface area contributed by atoms with E-state index in [4.69, 9.17) is 4.74 Å². The summed E-state index contributed by atoms with van der Waals surface area (Å²) >= 11 is 0. The van der Waals surface area contributed by atoms with Crippen LogP contribution in [0.1, 0.15) is 31.7 Å². The Morgan fingerprint density at radius 1 is 1.25 bits per heavy atom. The second kappa shape index (κ2) is 5.35. The lowest BCUT2D eigenvalue weighted by atomic mass is 9.89. The average molecular weight is 219 g/mol. The zero-order chi connectivity index (χ0) is 11.4. The number of ether oxygens (including phenoxy) is 1. The van der Waals surface area contributed by atoms with Crippen LogP contribution in [0.4, 0.5) is 0 Å². The molecule has 1 aromatic carbocycles. The molecule has 0 aromatic heterocycles. The van der Waals surface area contributed by atoms with Crippen LogP contribution in [0, 0.1) is 6.92 Å². The second-order valence-corrected chi connectivity index (χ2v) is 4.68. The van der Waals surface area contributed by atoms with E-state index in [1.54, 1.807) is 0 Å². The van der Waals surface area contributed by atoms with Crippen LogP contribution >= 0.6 is 0 Å². The molecule has 0 atom stereocenters. The van der Waals surface area contributed by atoms with Gasteiger partial charge >= 0.3 is 0 Å². The molecule has 0 bridgehead atoms. The van der Waals surface area contributed by atoms with Crippen molar-refractivity contribution in [1.29, 1.82) is 0 Å². The molecule has 88 valence electrons. The normalized spacial score (nSPS) is 23.9. The smallest absolute Gasteiger partial charge is 0.119 e. The van der Waals surface area contributed by atoms with E-state index in [1.165, 1.54) is 12.0 Å². The Balaban J connectivity index is 1.71. The molecule has 1 N–H and O–H groups in total. The van der Waals surface area contributed by atoms with Crippen LogP contribution in [0.25, 0.3) is 0 Å². The highest BCUT2D eigenvalue weighted by Crippen LogP contribution is 2.26. The van der Waals surface area contributed by atoms with Gasteiger partial charge in [-0.1, -0.05) is 24.6 Å². The van der Waals surface area contributed by atoms with Crippen molar-refractivity contribution in [3.8, 4) is 5.75 Å². The zero-order valence-electron chi connectivity index (χ0n) is 10.2. The van der Waals surface area contributed by atoms with E-state index in [9.17, 15) is 0 Å². The number of hydrogen-bond acceptors (Lipinski definition) is 2. The van der Waals surface area contributed by atoms with Crippen molar-refractivity contribution in [3.63, 3.8) is 0 Å². The van der Waals surface area contributed by atoms with Gasteiger partial charge in [-0.3, -0.25) is 0 Å². The number of benzene rings is 1. The minimum Gasteiger partial charge on any atom is -0.490 e. The molecule has 0 heterocycles. The lowest BCUT2D eigenvalue weighted by molar-refractivity contribution is 0.0852. The maximum Gasteiger partial charge on any atom is 0.119 e. The van der Waals surface area contributed by atoms with Gasteiger partial charge in [0.25, 0.3) is 0 Å². The summed E-state index contributed by atoms with van der Waals surface area (Å²) in [4.78, 5) is 0. The minimum atomic E-state index is 0.414. The summed E-state index contributed by atoms with van der Waals surface area (Å²) in [7, 11) is 0. The van der Waals surface area contributed by atoms with Crippen LogP contribution in [0.5, 0.6) is 5.75 Å². The highest BCUT2D eigenvalue weighted by Gasteiger charge is 2.29. The Morgan fingerprint density at radius 2 is 1.94 bits per heavy atom. The molecule has 1 fully saturated rings. The van der Waals surface area contributed by atoms with Gasteiger partial charge in [-0.05, 0) is 44.9 Å². The largest absolute Gasteiger partial charge is 0.490 e. The monoisotopic (exact) mass is 219 g/mol. The quantitative estimate of drug-likeness (QED) is 0.822. The van der Waals surface area contributed by atoms with Gasteiger partial charge < -0.3 is 10.1 Å². The Bertz CT molecular complexity index is 314. The molecule has 0 aliphatic heterocycles. The summed E-state index contributed by atoms with van der Waals surface area (Å²) in [5, 5.41) is 3.51. The first-order valence-corrected chi connectivity index (χ1v) is 6.24. The third-order valence-electron chi connectivity index (χ3n) is 3.10. The van der Waals surface area contributed by atoms with Crippen LogP contribution in [-0.2, 0) is 0 Å². The van der Waals surface area contributed by atoms with Gasteiger partial charge in [0.05, 0.1) is 0 Å². The SMILES string of the molecule is CCCNC1CC(Oc2ccc(C)cc2)C1. The van der Waals surface area contributed by atoms with E-state index in [1.807, 2.05) is 0 Å². The first-order valence-electron chi connectivity index (χ1n) is 6.24. The molecule has 1 aliphatic carbocycles. The van der Waals surface area contributed by atoms with Crippen LogP contribution in [0.15, 0.2) is 24.3 Å². The fraction of sp³-hybridized carbons (Fsp3) is 0.571. The number of rotatable bonds is 5. The minimum absolute atomic E-state index is 0.414. The second-order valence-electron chi connectivity index (χ2n) is 4.68. The average Bonchev–Trinajstić information content (AvgIpc) is 2.24. The first-order chi connectivity index (χ1) is 7.78. The van der Waals surface area contributed by atoms with Crippen molar-refractivity contribution in [2.75, 3.05) is 6.54 Å². The molecule has 1 aromatic rings. The Labute approximate surface area is 98.0 Å². The molecule has 2 nitrogen and oxygen atoms in total. The van der Waals surface area contributed by atoms with Crippen molar-refractivity contribution in [2.45, 2.75) is 45.3 Å². The van der Waals surface area contributed by atoms with E-state index >= 15 is 0 Å². The fourth-order valence-electron chi connectivity index (χ4n) is 1.99. The Kier molecular flexibility index (Phi) is 3.83. The third-order valence-corrected chi connectivity index (χ3v) is 3.10. The van der Waals surface area contributed by atoms with E-state index in [-0.39, 0.29) is 0 Å². The van der Waals surface area contributed by atoms with Gasteiger partial charge in [0.2, 0.25) is 0 Å². The third kappa shape index (κ3) is 2.99. The van der Waals surface area contributed by atoms with E-state index in [0.717, 1.165) is 25.1 Å². The predicted molar refractivity (Wildman–Crippen MR) is 66.9 cm³/mol. The van der Waals surface area contributed by atoms with Gasteiger partial charge in [-0.2, -0.15) is 0 Å². The fourth-order valence-corrected chi connectivity index (χ4v) is 1.99. The molecule has 0 amide bonds. The number of hydrogen-bond donors (Lipinski definition) is 1. The molecule has 1 aliphatic rings. The first kappa shape index (κ1) is 11.5.